The molecule has 0 saturated heterocycles. The first kappa shape index (κ1) is 19.3. The largest absolute Gasteiger partial charge is 0.420 e. The average Bonchev–Trinajstić information content (AvgIpc) is 2.54. The second-order valence-electron chi connectivity index (χ2n) is 7.53. The van der Waals surface area contributed by atoms with Crippen LogP contribution in [0.4, 0.5) is 0 Å². The highest BCUT2D eigenvalue weighted by Crippen LogP contribution is 2.33. The highest BCUT2D eigenvalue weighted by atomic mass is 31.1. The Labute approximate surface area is 148 Å². The van der Waals surface area contributed by atoms with Crippen molar-refractivity contribution in [1.29, 1.82) is 0 Å². The van der Waals surface area contributed by atoms with Gasteiger partial charge in [-0.15, -0.1) is 0 Å². The fourth-order valence-electron chi connectivity index (χ4n) is 4.08. The van der Waals surface area contributed by atoms with Crippen molar-refractivity contribution in [3.63, 3.8) is 0 Å². The van der Waals surface area contributed by atoms with E-state index in [0.29, 0.717) is 11.7 Å². The van der Waals surface area contributed by atoms with Gasteiger partial charge in [0.1, 0.15) is 0 Å². The lowest BCUT2D eigenvalue weighted by Gasteiger charge is -2.20. The summed E-state index contributed by atoms with van der Waals surface area (Å²) >= 11 is 0. The van der Waals surface area contributed by atoms with Gasteiger partial charge in [-0.1, -0.05) is 67.2 Å². The average molecular weight is 347 g/mol. The van der Waals surface area contributed by atoms with E-state index in [0.717, 1.165) is 35.4 Å². The zero-order valence-electron chi connectivity index (χ0n) is 15.6. The van der Waals surface area contributed by atoms with Crippen molar-refractivity contribution in [3.05, 3.63) is 34.4 Å². The Morgan fingerprint density at radius 3 is 2.25 bits per heavy atom. The molecule has 24 heavy (non-hydrogen) atoms. The van der Waals surface area contributed by atoms with Crippen LogP contribution in [0, 0.1) is 26.7 Å². The van der Waals surface area contributed by atoms with Crippen LogP contribution in [0.3, 0.4) is 0 Å². The minimum Gasteiger partial charge on any atom is -0.234 e. The molecule has 2 nitrogen and oxygen atoms in total. The van der Waals surface area contributed by atoms with Gasteiger partial charge in [-0.2, -0.15) is 0 Å². The summed E-state index contributed by atoms with van der Waals surface area (Å²) in [6.07, 6.45) is 12.1. The zero-order valence-corrected chi connectivity index (χ0v) is 16.5. The van der Waals surface area contributed by atoms with E-state index in [1.165, 1.54) is 44.9 Å². The maximum absolute atomic E-state index is 12.5. The lowest BCUT2D eigenvalue weighted by Crippen LogP contribution is -2.06. The third-order valence-corrected chi connectivity index (χ3v) is 6.71. The van der Waals surface area contributed by atoms with Gasteiger partial charge in [0.2, 0.25) is 0 Å². The van der Waals surface area contributed by atoms with E-state index >= 15 is 0 Å². The van der Waals surface area contributed by atoms with Gasteiger partial charge in [-0.05, 0) is 50.7 Å². The molecule has 0 bridgehead atoms. The van der Waals surface area contributed by atoms with Crippen molar-refractivity contribution in [2.75, 3.05) is 6.16 Å². The molecule has 0 aromatic heterocycles. The highest BCUT2D eigenvalue weighted by molar-refractivity contribution is 7.64. The molecule has 1 aromatic rings. The third-order valence-electron chi connectivity index (χ3n) is 5.32. The van der Waals surface area contributed by atoms with Gasteiger partial charge in [0.15, 0.2) is 6.16 Å². The first-order valence-electron chi connectivity index (χ1n) is 9.56. The van der Waals surface area contributed by atoms with E-state index in [9.17, 15) is 9.36 Å². The summed E-state index contributed by atoms with van der Waals surface area (Å²) in [4.78, 5) is 12.5. The first-order valence-corrected chi connectivity index (χ1v) is 11.0. The molecular formula is C21H32O2P+. The fraction of sp³-hybridized carbons (Fsp3) is 0.667. The molecule has 1 aromatic carbocycles. The monoisotopic (exact) mass is 347 g/mol. The van der Waals surface area contributed by atoms with Gasteiger partial charge in [-0.25, -0.2) is 4.79 Å². The number of benzene rings is 1. The van der Waals surface area contributed by atoms with Crippen molar-refractivity contribution >= 4 is 13.3 Å². The molecule has 1 unspecified atom stereocenters. The van der Waals surface area contributed by atoms with Crippen molar-refractivity contribution in [3.8, 4) is 0 Å². The molecule has 1 atom stereocenters. The van der Waals surface area contributed by atoms with E-state index in [1.807, 2.05) is 32.9 Å². The summed E-state index contributed by atoms with van der Waals surface area (Å²) in [6, 6.07) is 4.02. The van der Waals surface area contributed by atoms with Crippen LogP contribution in [-0.4, -0.2) is 11.7 Å². The second-order valence-corrected chi connectivity index (χ2v) is 9.14. The summed E-state index contributed by atoms with van der Waals surface area (Å²) in [5, 5.41) is 0. The Morgan fingerprint density at radius 2 is 1.62 bits per heavy atom. The predicted molar refractivity (Wildman–Crippen MR) is 103 cm³/mol. The van der Waals surface area contributed by atoms with Crippen LogP contribution in [0.1, 0.15) is 84.8 Å². The molecule has 3 heteroatoms. The predicted octanol–water partition coefficient (Wildman–Crippen LogP) is 6.72. The Hall–Kier alpha value is -1.01. The number of hydrogen-bond acceptors (Lipinski definition) is 2. The highest BCUT2D eigenvalue weighted by Gasteiger charge is 2.31. The SMILES string of the molecule is Cc1cc(C)c(C(=O)[P+](=O)CCCCCC2CCCCC2)c(C)c1. The summed E-state index contributed by atoms with van der Waals surface area (Å²) in [5.41, 5.74) is 3.60. The Morgan fingerprint density at radius 1 is 1.00 bits per heavy atom. The summed E-state index contributed by atoms with van der Waals surface area (Å²) in [5.74, 6) is 0.923. The zero-order chi connectivity index (χ0) is 17.5. The molecule has 0 N–H and O–H groups in total. The number of rotatable bonds is 8. The molecule has 2 rings (SSSR count). The normalized spacial score (nSPS) is 16.2. The van der Waals surface area contributed by atoms with Gasteiger partial charge in [0, 0.05) is 0 Å². The van der Waals surface area contributed by atoms with Gasteiger partial charge < -0.3 is 0 Å². The number of unbranched alkanes of at least 4 members (excludes halogenated alkanes) is 2. The quantitative estimate of drug-likeness (QED) is 0.386. The maximum atomic E-state index is 12.5. The number of aryl methyl sites for hydroxylation is 3. The molecule has 132 valence electrons. The van der Waals surface area contributed by atoms with Crippen molar-refractivity contribution in [1.82, 2.24) is 0 Å². The summed E-state index contributed by atoms with van der Waals surface area (Å²) in [6.45, 7) is 5.92. The molecular weight excluding hydrogens is 315 g/mol. The van der Waals surface area contributed by atoms with E-state index in [1.54, 1.807) is 0 Å². The van der Waals surface area contributed by atoms with Gasteiger partial charge in [-0.3, -0.25) is 0 Å². The third kappa shape index (κ3) is 5.52. The van der Waals surface area contributed by atoms with Crippen LogP contribution < -0.4 is 0 Å². The number of hydrogen-bond donors (Lipinski definition) is 0. The van der Waals surface area contributed by atoms with E-state index < -0.39 is 7.80 Å². The minimum absolute atomic E-state index is 0.146. The van der Waals surface area contributed by atoms with Crippen LogP contribution in [0.25, 0.3) is 0 Å². The van der Waals surface area contributed by atoms with Crippen LogP contribution in [0.2, 0.25) is 0 Å². The van der Waals surface area contributed by atoms with Crippen LogP contribution >= 0.6 is 7.80 Å². The smallest absolute Gasteiger partial charge is 0.234 e. The second kappa shape index (κ2) is 9.47. The van der Waals surface area contributed by atoms with E-state index in [-0.39, 0.29) is 5.52 Å². The standard InChI is InChI=1S/C21H32O2P/c1-16-14-17(2)20(18(3)15-16)21(22)24(23)13-9-5-8-12-19-10-6-4-7-11-19/h14-15,19H,4-13H2,1-3H3/q+1. The Kier molecular flexibility index (Phi) is 7.62. The molecule has 0 radical (unpaired) electrons. The van der Waals surface area contributed by atoms with Gasteiger partial charge in [0.25, 0.3) is 0 Å². The molecule has 1 saturated carbocycles. The van der Waals surface area contributed by atoms with Crippen molar-refractivity contribution in [2.24, 2.45) is 5.92 Å². The molecule has 1 aliphatic rings. The fourth-order valence-corrected chi connectivity index (χ4v) is 5.40. The van der Waals surface area contributed by atoms with Crippen LogP contribution in [-0.2, 0) is 4.57 Å². The number of carbonyl (C=O) groups is 1. The minimum atomic E-state index is -1.78. The molecule has 1 aliphatic carbocycles. The first-order chi connectivity index (χ1) is 11.5. The van der Waals surface area contributed by atoms with E-state index in [4.69, 9.17) is 0 Å². The van der Waals surface area contributed by atoms with Crippen molar-refractivity contribution < 1.29 is 9.36 Å². The molecule has 1 fully saturated rings. The van der Waals surface area contributed by atoms with Gasteiger partial charge in [0.05, 0.1) is 5.56 Å². The van der Waals surface area contributed by atoms with Crippen molar-refractivity contribution in [2.45, 2.75) is 78.6 Å². The molecule has 0 heterocycles. The molecule has 0 spiro atoms. The summed E-state index contributed by atoms with van der Waals surface area (Å²) < 4.78 is 12.4. The topological polar surface area (TPSA) is 34.1 Å². The Balaban J connectivity index is 1.75. The summed E-state index contributed by atoms with van der Waals surface area (Å²) in [7, 11) is -1.78. The molecule has 0 aliphatic heterocycles. The lowest BCUT2D eigenvalue weighted by molar-refractivity contribution is 0.107. The number of carbonyl (C=O) groups excluding carboxylic acids is 1. The lowest BCUT2D eigenvalue weighted by atomic mass is 9.86. The van der Waals surface area contributed by atoms with E-state index in [2.05, 4.69) is 0 Å². The Bertz CT molecular complexity index is 562. The van der Waals surface area contributed by atoms with Crippen LogP contribution in [0.15, 0.2) is 12.1 Å². The van der Waals surface area contributed by atoms with Gasteiger partial charge >= 0.3 is 13.3 Å². The maximum Gasteiger partial charge on any atom is 0.420 e. The molecule has 0 amide bonds. The van der Waals surface area contributed by atoms with Crippen LogP contribution in [0.5, 0.6) is 0 Å².